The summed E-state index contributed by atoms with van der Waals surface area (Å²) in [5.41, 5.74) is 0.245. The molecule has 1 saturated heterocycles. The summed E-state index contributed by atoms with van der Waals surface area (Å²) in [6.45, 7) is 0.851. The number of hydrogen-bond donors (Lipinski definition) is 3. The number of aromatic nitrogens is 5. The lowest BCUT2D eigenvalue weighted by molar-refractivity contribution is -0.210. The number of halogens is 4. The second-order valence-electron chi connectivity index (χ2n) is 9.29. The van der Waals surface area contributed by atoms with E-state index in [9.17, 15) is 28.5 Å². The van der Waals surface area contributed by atoms with Gasteiger partial charge in [0, 0.05) is 17.6 Å². The summed E-state index contributed by atoms with van der Waals surface area (Å²) >= 11 is 6.03. The van der Waals surface area contributed by atoms with Gasteiger partial charge in [0.05, 0.1) is 23.6 Å². The van der Waals surface area contributed by atoms with Gasteiger partial charge in [0.15, 0.2) is 5.82 Å². The van der Waals surface area contributed by atoms with Crippen LogP contribution in [0.15, 0.2) is 60.8 Å². The zero-order valence-electron chi connectivity index (χ0n) is 20.6. The molecule has 3 heterocycles. The molecule has 4 aromatic rings. The molecule has 1 aliphatic heterocycles. The molecule has 2 aromatic carbocycles. The van der Waals surface area contributed by atoms with E-state index in [4.69, 9.17) is 16.3 Å². The van der Waals surface area contributed by atoms with Crippen LogP contribution >= 0.6 is 11.6 Å². The van der Waals surface area contributed by atoms with Crippen molar-refractivity contribution < 1.29 is 33.2 Å². The highest BCUT2D eigenvalue weighted by Crippen LogP contribution is 2.40. The van der Waals surface area contributed by atoms with Crippen LogP contribution in [0.2, 0.25) is 5.02 Å². The van der Waals surface area contributed by atoms with Gasteiger partial charge in [-0.1, -0.05) is 41.9 Å². The lowest BCUT2D eigenvalue weighted by atomic mass is 9.92. The lowest BCUT2D eigenvalue weighted by Gasteiger charge is -2.42. The summed E-state index contributed by atoms with van der Waals surface area (Å²) in [5, 5.41) is 41.0. The first kappa shape index (κ1) is 27.3. The molecule has 1 fully saturated rings. The molecule has 1 aliphatic rings. The van der Waals surface area contributed by atoms with Crippen molar-refractivity contribution in [1.29, 1.82) is 0 Å². The normalized spacial score (nSPS) is 23.7. The van der Waals surface area contributed by atoms with Crippen molar-refractivity contribution in [2.45, 2.75) is 50.0 Å². The molecule has 39 heavy (non-hydrogen) atoms. The van der Waals surface area contributed by atoms with E-state index in [1.54, 1.807) is 12.3 Å². The zero-order valence-corrected chi connectivity index (χ0v) is 21.3. The van der Waals surface area contributed by atoms with Gasteiger partial charge >= 0.3 is 6.18 Å². The number of alkyl halides is 3. The van der Waals surface area contributed by atoms with E-state index in [0.717, 1.165) is 28.4 Å². The Morgan fingerprint density at radius 3 is 2.46 bits per heavy atom. The van der Waals surface area contributed by atoms with Crippen LogP contribution in [0.3, 0.4) is 0 Å². The molecule has 0 saturated carbocycles. The minimum atomic E-state index is -4.74. The van der Waals surface area contributed by atoms with Gasteiger partial charge in [-0.05, 0) is 36.8 Å². The number of benzene rings is 2. The number of hydrogen-bond acceptors (Lipinski definition) is 7. The predicted molar refractivity (Wildman–Crippen MR) is 133 cm³/mol. The van der Waals surface area contributed by atoms with Crippen LogP contribution in [0.4, 0.5) is 13.2 Å². The highest BCUT2D eigenvalue weighted by atomic mass is 35.5. The smallest absolute Gasteiger partial charge is 0.394 e. The Morgan fingerprint density at radius 1 is 1.03 bits per heavy atom. The van der Waals surface area contributed by atoms with Crippen molar-refractivity contribution in [3.8, 4) is 5.69 Å². The third kappa shape index (κ3) is 5.43. The summed E-state index contributed by atoms with van der Waals surface area (Å²) in [6, 6.07) is 13.2. The summed E-state index contributed by atoms with van der Waals surface area (Å²) in [5.74, 6) is -0.0406. The van der Waals surface area contributed by atoms with Gasteiger partial charge in [-0.3, -0.25) is 4.68 Å². The molecular weight excluding hydrogens is 539 g/mol. The van der Waals surface area contributed by atoms with Crippen LogP contribution in [-0.4, -0.2) is 64.8 Å². The maximum Gasteiger partial charge on any atom is 0.418 e. The number of nitrogens with zero attached hydrogens (tertiary/aromatic N) is 5. The molecule has 206 valence electrons. The average molecular weight is 564 g/mol. The Bertz CT molecular complexity index is 1450. The highest BCUT2D eigenvalue weighted by Gasteiger charge is 2.48. The summed E-state index contributed by atoms with van der Waals surface area (Å²) < 4.78 is 49.7. The van der Waals surface area contributed by atoms with Crippen molar-refractivity contribution in [1.82, 2.24) is 24.5 Å². The average Bonchev–Trinajstić information content (AvgIpc) is 3.50. The molecule has 2 aromatic heterocycles. The fourth-order valence-electron chi connectivity index (χ4n) is 4.78. The number of rotatable bonds is 6. The molecule has 2 unspecified atom stereocenters. The molecule has 9 nitrogen and oxygen atoms in total. The van der Waals surface area contributed by atoms with Crippen LogP contribution in [0.25, 0.3) is 5.69 Å². The number of aliphatic hydroxyl groups excluding tert-OH is 3. The first-order chi connectivity index (χ1) is 18.6. The minimum absolute atomic E-state index is 0.0336. The molecule has 0 amide bonds. The second kappa shape index (κ2) is 10.7. The molecule has 0 aliphatic carbocycles. The van der Waals surface area contributed by atoms with Crippen LogP contribution < -0.4 is 0 Å². The van der Waals surface area contributed by atoms with E-state index < -0.39 is 54.5 Å². The van der Waals surface area contributed by atoms with Crippen molar-refractivity contribution >= 4 is 11.6 Å². The van der Waals surface area contributed by atoms with Crippen molar-refractivity contribution in [3.05, 3.63) is 94.3 Å². The highest BCUT2D eigenvalue weighted by molar-refractivity contribution is 6.30. The van der Waals surface area contributed by atoms with E-state index in [-0.39, 0.29) is 16.7 Å². The van der Waals surface area contributed by atoms with E-state index in [2.05, 4.69) is 15.2 Å². The Kier molecular flexibility index (Phi) is 7.49. The number of aliphatic hydroxyl groups is 3. The fourth-order valence-corrected chi connectivity index (χ4v) is 4.95. The Hall–Kier alpha value is -3.29. The molecule has 0 radical (unpaired) electrons. The van der Waals surface area contributed by atoms with Crippen LogP contribution in [0.5, 0.6) is 0 Å². The molecule has 0 bridgehead atoms. The maximum absolute atomic E-state index is 13.9. The van der Waals surface area contributed by atoms with Gasteiger partial charge in [-0.2, -0.15) is 23.4 Å². The van der Waals surface area contributed by atoms with Gasteiger partial charge in [0.25, 0.3) is 0 Å². The molecule has 5 rings (SSSR count). The SMILES string of the molecule is Cc1nc([C@@H]2OC(CO)[C@H](O)[C@H](n3ccc(Cc4ccccc4)n3)C2O)n(-c2cc(Cl)ccc2C(F)(F)F)n1. The first-order valence-electron chi connectivity index (χ1n) is 12.1. The van der Waals surface area contributed by atoms with Crippen molar-refractivity contribution in [2.24, 2.45) is 0 Å². The van der Waals surface area contributed by atoms with Gasteiger partial charge in [-0.15, -0.1) is 0 Å². The van der Waals surface area contributed by atoms with Gasteiger partial charge in [-0.25, -0.2) is 9.67 Å². The Morgan fingerprint density at radius 2 is 1.77 bits per heavy atom. The third-order valence-corrected chi connectivity index (χ3v) is 6.81. The van der Waals surface area contributed by atoms with E-state index in [1.807, 2.05) is 30.3 Å². The van der Waals surface area contributed by atoms with Crippen molar-refractivity contribution in [2.75, 3.05) is 6.61 Å². The Labute approximate surface area is 226 Å². The number of ether oxygens (including phenoxy) is 1. The second-order valence-corrected chi connectivity index (χ2v) is 9.72. The Balaban J connectivity index is 1.54. The fraction of sp³-hybridized carbons (Fsp3) is 0.346. The summed E-state index contributed by atoms with van der Waals surface area (Å²) in [4.78, 5) is 4.26. The topological polar surface area (TPSA) is 118 Å². The first-order valence-corrected chi connectivity index (χ1v) is 12.5. The van der Waals surface area contributed by atoms with Crippen LogP contribution in [0.1, 0.15) is 40.6 Å². The monoisotopic (exact) mass is 563 g/mol. The van der Waals surface area contributed by atoms with E-state index >= 15 is 0 Å². The van der Waals surface area contributed by atoms with E-state index in [0.29, 0.717) is 12.1 Å². The van der Waals surface area contributed by atoms with Gasteiger partial charge < -0.3 is 20.1 Å². The standard InChI is InChI=1S/C26H25ClF3N5O4/c1-14-31-25(35(32-14)19-12-16(27)7-8-18(19)26(28,29)30)24-23(38)21(22(37)20(13-36)39-24)34-10-9-17(33-34)11-15-5-3-2-4-6-15/h2-10,12,20-24,36-38H,11,13H2,1H3/t20?,21-,22-,23?,24+/m0/s1. The van der Waals surface area contributed by atoms with Gasteiger partial charge in [0.1, 0.15) is 36.3 Å². The molecule has 13 heteroatoms. The predicted octanol–water partition coefficient (Wildman–Crippen LogP) is 3.43. The van der Waals surface area contributed by atoms with E-state index in [1.165, 1.54) is 11.6 Å². The third-order valence-electron chi connectivity index (χ3n) is 6.58. The maximum atomic E-state index is 13.9. The van der Waals surface area contributed by atoms with Crippen LogP contribution in [0, 0.1) is 6.92 Å². The number of aryl methyl sites for hydroxylation is 1. The largest absolute Gasteiger partial charge is 0.418 e. The van der Waals surface area contributed by atoms with Crippen LogP contribution in [-0.2, 0) is 17.3 Å². The molecular formula is C26H25ClF3N5O4. The summed E-state index contributed by atoms with van der Waals surface area (Å²) in [7, 11) is 0. The zero-order chi connectivity index (χ0) is 27.9. The molecule has 3 N–H and O–H groups in total. The molecule has 0 spiro atoms. The summed E-state index contributed by atoms with van der Waals surface area (Å²) in [6.07, 6.45) is -8.14. The van der Waals surface area contributed by atoms with Gasteiger partial charge in [0.2, 0.25) is 0 Å². The quantitative estimate of drug-likeness (QED) is 0.329. The molecule has 5 atom stereocenters. The minimum Gasteiger partial charge on any atom is -0.394 e. The lowest BCUT2D eigenvalue weighted by Crippen LogP contribution is -2.53. The van der Waals surface area contributed by atoms with Crippen molar-refractivity contribution in [3.63, 3.8) is 0 Å².